The van der Waals surface area contributed by atoms with Crippen molar-refractivity contribution in [3.05, 3.63) is 23.3 Å². The molecule has 0 saturated heterocycles. The van der Waals surface area contributed by atoms with Crippen LogP contribution in [0.15, 0.2) is 6.20 Å². The van der Waals surface area contributed by atoms with Crippen molar-refractivity contribution < 1.29 is 9.53 Å². The van der Waals surface area contributed by atoms with Crippen LogP contribution in [0.1, 0.15) is 61.1 Å². The maximum Gasteiger partial charge on any atom is 0.166 e. The number of methoxy groups -OCH3 is 1. The number of carbonyl (C=O) groups is 1. The van der Waals surface area contributed by atoms with Gasteiger partial charge in [-0.1, -0.05) is 13.8 Å². The fourth-order valence-electron chi connectivity index (χ4n) is 2.89. The van der Waals surface area contributed by atoms with Crippen LogP contribution in [0.25, 0.3) is 0 Å². The molecule has 3 rings (SSSR count). The third-order valence-corrected chi connectivity index (χ3v) is 4.03. The van der Waals surface area contributed by atoms with E-state index >= 15 is 0 Å². The lowest BCUT2D eigenvalue weighted by molar-refractivity contribution is 0.0761. The van der Waals surface area contributed by atoms with Gasteiger partial charge in [0.1, 0.15) is 6.10 Å². The number of Topliss-reactive ketones (excluding diaryl/α,β-unsaturated/α-hetero) is 1. The Morgan fingerprint density at radius 3 is 2.74 bits per heavy atom. The van der Waals surface area contributed by atoms with Crippen molar-refractivity contribution in [2.75, 3.05) is 7.11 Å². The van der Waals surface area contributed by atoms with E-state index in [1.165, 1.54) is 12.8 Å². The van der Waals surface area contributed by atoms with Gasteiger partial charge in [-0.25, -0.2) is 9.97 Å². The van der Waals surface area contributed by atoms with Crippen molar-refractivity contribution in [1.82, 2.24) is 9.97 Å². The standard InChI is InChI=1S/C15H20N2O2/c1-15(2)6-11-10(12(18)7-15)8-16-14(17-11)13(19-3)9-4-5-9/h8-9,13H,4-7H2,1-3H3. The molecule has 1 unspecified atom stereocenters. The highest BCUT2D eigenvalue weighted by molar-refractivity contribution is 5.98. The molecule has 0 N–H and O–H groups in total. The normalized spacial score (nSPS) is 23.0. The highest BCUT2D eigenvalue weighted by Gasteiger charge is 2.37. The van der Waals surface area contributed by atoms with Crippen LogP contribution in [0, 0.1) is 11.3 Å². The van der Waals surface area contributed by atoms with E-state index in [0.29, 0.717) is 17.9 Å². The largest absolute Gasteiger partial charge is 0.373 e. The Morgan fingerprint density at radius 1 is 1.37 bits per heavy atom. The quantitative estimate of drug-likeness (QED) is 0.838. The molecule has 1 heterocycles. The predicted octanol–water partition coefficient (Wildman–Crippen LogP) is 2.73. The van der Waals surface area contributed by atoms with Crippen LogP contribution in [0.2, 0.25) is 0 Å². The molecule has 0 aromatic carbocycles. The van der Waals surface area contributed by atoms with Gasteiger partial charge in [-0.3, -0.25) is 4.79 Å². The molecule has 1 aromatic rings. The summed E-state index contributed by atoms with van der Waals surface area (Å²) in [6, 6.07) is 0. The van der Waals surface area contributed by atoms with Crippen molar-refractivity contribution in [2.24, 2.45) is 11.3 Å². The van der Waals surface area contributed by atoms with Crippen LogP contribution < -0.4 is 0 Å². The topological polar surface area (TPSA) is 52.1 Å². The number of hydrogen-bond donors (Lipinski definition) is 0. The third kappa shape index (κ3) is 2.41. The summed E-state index contributed by atoms with van der Waals surface area (Å²) in [5.41, 5.74) is 1.60. The zero-order chi connectivity index (χ0) is 13.6. The molecular formula is C15H20N2O2. The SMILES string of the molecule is COC(c1ncc2c(n1)CC(C)(C)CC2=O)C1CC1. The average Bonchev–Trinajstić information content (AvgIpc) is 3.12. The van der Waals surface area contributed by atoms with E-state index in [1.807, 2.05) is 0 Å². The second-order valence-electron chi connectivity index (χ2n) is 6.52. The van der Waals surface area contributed by atoms with E-state index in [2.05, 4.69) is 23.8 Å². The molecule has 0 spiro atoms. The summed E-state index contributed by atoms with van der Waals surface area (Å²) < 4.78 is 5.52. The Labute approximate surface area is 113 Å². The Morgan fingerprint density at radius 2 is 2.11 bits per heavy atom. The fraction of sp³-hybridized carbons (Fsp3) is 0.667. The number of aromatic nitrogens is 2. The summed E-state index contributed by atoms with van der Waals surface area (Å²) in [5.74, 6) is 1.46. The molecule has 0 amide bonds. The number of carbonyl (C=O) groups excluding carboxylic acids is 1. The Balaban J connectivity index is 1.96. The van der Waals surface area contributed by atoms with E-state index in [9.17, 15) is 4.79 Å². The molecule has 1 aromatic heterocycles. The molecule has 1 saturated carbocycles. The summed E-state index contributed by atoms with van der Waals surface area (Å²) in [7, 11) is 1.71. The van der Waals surface area contributed by atoms with Crippen LogP contribution in [0.5, 0.6) is 0 Å². The van der Waals surface area contributed by atoms with E-state index in [0.717, 1.165) is 17.9 Å². The second-order valence-corrected chi connectivity index (χ2v) is 6.52. The summed E-state index contributed by atoms with van der Waals surface area (Å²) >= 11 is 0. The second kappa shape index (κ2) is 4.37. The first-order valence-electron chi connectivity index (χ1n) is 6.92. The highest BCUT2D eigenvalue weighted by Crippen LogP contribution is 2.42. The third-order valence-electron chi connectivity index (χ3n) is 4.03. The Kier molecular flexibility index (Phi) is 2.93. The molecule has 2 aliphatic rings. The smallest absolute Gasteiger partial charge is 0.166 e. The van der Waals surface area contributed by atoms with Crippen molar-refractivity contribution in [2.45, 2.75) is 45.6 Å². The summed E-state index contributed by atoms with van der Waals surface area (Å²) in [6.07, 6.45) is 5.48. The lowest BCUT2D eigenvalue weighted by atomic mass is 9.76. The molecule has 1 atom stereocenters. The van der Waals surface area contributed by atoms with Crippen LogP contribution >= 0.6 is 0 Å². The number of nitrogens with zero attached hydrogens (tertiary/aromatic N) is 2. The van der Waals surface area contributed by atoms with Gasteiger partial charge >= 0.3 is 0 Å². The summed E-state index contributed by atoms with van der Waals surface area (Å²) in [4.78, 5) is 21.1. The predicted molar refractivity (Wildman–Crippen MR) is 70.9 cm³/mol. The van der Waals surface area contributed by atoms with E-state index in [1.54, 1.807) is 13.3 Å². The summed E-state index contributed by atoms with van der Waals surface area (Å²) in [6.45, 7) is 4.23. The number of fused-ring (bicyclic) bond motifs is 1. The lowest BCUT2D eigenvalue weighted by Crippen LogP contribution is -2.29. The van der Waals surface area contributed by atoms with Gasteiger partial charge in [-0.05, 0) is 30.6 Å². The first-order valence-corrected chi connectivity index (χ1v) is 6.92. The van der Waals surface area contributed by atoms with Gasteiger partial charge in [0.05, 0.1) is 11.3 Å². The van der Waals surface area contributed by atoms with Crippen molar-refractivity contribution >= 4 is 5.78 Å². The first kappa shape index (κ1) is 12.7. The average molecular weight is 260 g/mol. The minimum atomic E-state index is -0.00885. The van der Waals surface area contributed by atoms with Crippen molar-refractivity contribution in [3.8, 4) is 0 Å². The van der Waals surface area contributed by atoms with Crippen LogP contribution in [-0.2, 0) is 11.2 Å². The minimum absolute atomic E-state index is 0.00213. The van der Waals surface area contributed by atoms with E-state index < -0.39 is 0 Å². The van der Waals surface area contributed by atoms with Crippen LogP contribution in [-0.4, -0.2) is 22.9 Å². The lowest BCUT2D eigenvalue weighted by Gasteiger charge is -2.29. The zero-order valence-corrected chi connectivity index (χ0v) is 11.8. The zero-order valence-electron chi connectivity index (χ0n) is 11.8. The molecule has 4 nitrogen and oxygen atoms in total. The maximum atomic E-state index is 12.1. The maximum absolute atomic E-state index is 12.1. The van der Waals surface area contributed by atoms with Crippen LogP contribution in [0.3, 0.4) is 0 Å². The number of ketones is 1. The molecule has 19 heavy (non-hydrogen) atoms. The molecule has 0 radical (unpaired) electrons. The molecule has 102 valence electrons. The number of ether oxygens (including phenoxy) is 1. The van der Waals surface area contributed by atoms with Gasteiger partial charge in [0, 0.05) is 19.7 Å². The van der Waals surface area contributed by atoms with Gasteiger partial charge < -0.3 is 4.74 Å². The van der Waals surface area contributed by atoms with Gasteiger partial charge in [-0.2, -0.15) is 0 Å². The summed E-state index contributed by atoms with van der Waals surface area (Å²) in [5, 5.41) is 0. The molecule has 1 fully saturated rings. The molecule has 0 aliphatic heterocycles. The van der Waals surface area contributed by atoms with Crippen LogP contribution in [0.4, 0.5) is 0 Å². The number of hydrogen-bond acceptors (Lipinski definition) is 4. The molecule has 0 bridgehead atoms. The van der Waals surface area contributed by atoms with E-state index in [-0.39, 0.29) is 17.3 Å². The van der Waals surface area contributed by atoms with E-state index in [4.69, 9.17) is 4.74 Å². The fourth-order valence-corrected chi connectivity index (χ4v) is 2.89. The molecular weight excluding hydrogens is 240 g/mol. The Bertz CT molecular complexity index is 521. The Hall–Kier alpha value is -1.29. The molecule has 4 heteroatoms. The highest BCUT2D eigenvalue weighted by atomic mass is 16.5. The minimum Gasteiger partial charge on any atom is -0.373 e. The van der Waals surface area contributed by atoms with Crippen molar-refractivity contribution in [1.29, 1.82) is 0 Å². The monoisotopic (exact) mass is 260 g/mol. The van der Waals surface area contributed by atoms with Gasteiger partial charge in [-0.15, -0.1) is 0 Å². The van der Waals surface area contributed by atoms with Gasteiger partial charge in [0.2, 0.25) is 0 Å². The van der Waals surface area contributed by atoms with Gasteiger partial charge in [0.15, 0.2) is 11.6 Å². The molecule has 2 aliphatic carbocycles. The van der Waals surface area contributed by atoms with Crippen molar-refractivity contribution in [3.63, 3.8) is 0 Å². The van der Waals surface area contributed by atoms with Gasteiger partial charge in [0.25, 0.3) is 0 Å². The first-order chi connectivity index (χ1) is 9.00. The number of rotatable bonds is 3.